The van der Waals surface area contributed by atoms with Crippen molar-refractivity contribution in [1.82, 2.24) is 9.13 Å². The molecule has 0 fully saturated rings. The van der Waals surface area contributed by atoms with Crippen LogP contribution in [0.3, 0.4) is 0 Å². The summed E-state index contributed by atoms with van der Waals surface area (Å²) in [5.74, 6) is -0.197. The van der Waals surface area contributed by atoms with Crippen LogP contribution in [0.1, 0.15) is 18.1 Å². The fourth-order valence-electron chi connectivity index (χ4n) is 3.04. The monoisotopic (exact) mass is 323 g/mol. The van der Waals surface area contributed by atoms with Gasteiger partial charge < -0.3 is 5.32 Å². The van der Waals surface area contributed by atoms with Gasteiger partial charge in [0.25, 0.3) is 0 Å². The summed E-state index contributed by atoms with van der Waals surface area (Å²) in [5, 5.41) is 2.97. The van der Waals surface area contributed by atoms with Gasteiger partial charge in [-0.25, -0.2) is 4.79 Å². The second kappa shape index (κ2) is 6.35. The van der Waals surface area contributed by atoms with Crippen LogP contribution in [0.15, 0.2) is 47.3 Å². The highest BCUT2D eigenvalue weighted by molar-refractivity contribution is 5.93. The molecule has 2 aromatic carbocycles. The highest BCUT2D eigenvalue weighted by Crippen LogP contribution is 2.21. The smallest absolute Gasteiger partial charge is 0.324 e. The summed E-state index contributed by atoms with van der Waals surface area (Å²) in [6.07, 6.45) is 0.839. The minimum atomic E-state index is -0.197. The topological polar surface area (TPSA) is 56.0 Å². The zero-order chi connectivity index (χ0) is 17.3. The van der Waals surface area contributed by atoms with Crippen molar-refractivity contribution in [3.8, 4) is 0 Å². The van der Waals surface area contributed by atoms with E-state index in [1.807, 2.05) is 49.4 Å². The maximum Gasteiger partial charge on any atom is 0.329 e. The number of para-hydroxylation sites is 3. The Morgan fingerprint density at radius 2 is 1.79 bits per heavy atom. The molecular weight excluding hydrogens is 302 g/mol. The molecule has 0 aliphatic carbocycles. The van der Waals surface area contributed by atoms with Crippen LogP contribution in [-0.2, 0) is 24.8 Å². The fraction of sp³-hybridized carbons (Fsp3) is 0.263. The van der Waals surface area contributed by atoms with Gasteiger partial charge in [-0.05, 0) is 36.6 Å². The summed E-state index contributed by atoms with van der Waals surface area (Å²) in [6.45, 7) is 4.02. The van der Waals surface area contributed by atoms with E-state index in [9.17, 15) is 9.59 Å². The van der Waals surface area contributed by atoms with Crippen molar-refractivity contribution in [2.45, 2.75) is 26.8 Å². The number of nitrogens with one attached hydrogen (secondary N) is 1. The summed E-state index contributed by atoms with van der Waals surface area (Å²) in [7, 11) is 1.72. The van der Waals surface area contributed by atoms with Gasteiger partial charge in [-0.2, -0.15) is 0 Å². The SMILES string of the molecule is CCc1cccc(C)c1NC(=O)Cn1c(=O)n(C)c2ccccc21. The van der Waals surface area contributed by atoms with E-state index in [0.29, 0.717) is 0 Å². The van der Waals surface area contributed by atoms with E-state index in [1.54, 1.807) is 11.6 Å². The predicted molar refractivity (Wildman–Crippen MR) is 96.4 cm³/mol. The number of anilines is 1. The average molecular weight is 323 g/mol. The van der Waals surface area contributed by atoms with Crippen molar-refractivity contribution in [2.24, 2.45) is 7.05 Å². The second-order valence-corrected chi connectivity index (χ2v) is 5.93. The maximum absolute atomic E-state index is 12.5. The Kier molecular flexibility index (Phi) is 4.25. The Hall–Kier alpha value is -2.82. The third-order valence-electron chi connectivity index (χ3n) is 4.36. The van der Waals surface area contributed by atoms with Crippen LogP contribution >= 0.6 is 0 Å². The molecule has 0 saturated carbocycles. The van der Waals surface area contributed by atoms with E-state index in [2.05, 4.69) is 12.2 Å². The van der Waals surface area contributed by atoms with Gasteiger partial charge in [-0.1, -0.05) is 37.3 Å². The van der Waals surface area contributed by atoms with Crippen LogP contribution in [-0.4, -0.2) is 15.0 Å². The molecule has 1 amide bonds. The number of nitrogens with zero attached hydrogens (tertiary/aromatic N) is 2. The fourth-order valence-corrected chi connectivity index (χ4v) is 3.04. The molecule has 24 heavy (non-hydrogen) atoms. The maximum atomic E-state index is 12.5. The first kappa shape index (κ1) is 16.1. The number of hydrogen-bond donors (Lipinski definition) is 1. The Morgan fingerprint density at radius 3 is 2.50 bits per heavy atom. The van der Waals surface area contributed by atoms with Crippen molar-refractivity contribution in [2.75, 3.05) is 5.32 Å². The zero-order valence-corrected chi connectivity index (χ0v) is 14.2. The molecule has 1 N–H and O–H groups in total. The Morgan fingerprint density at radius 1 is 1.08 bits per heavy atom. The third-order valence-corrected chi connectivity index (χ3v) is 4.36. The molecule has 1 aromatic heterocycles. The Labute approximate surface area is 140 Å². The molecule has 3 aromatic rings. The van der Waals surface area contributed by atoms with Crippen LogP contribution < -0.4 is 11.0 Å². The Balaban J connectivity index is 1.92. The van der Waals surface area contributed by atoms with Crippen LogP contribution in [0.5, 0.6) is 0 Å². The molecule has 5 nitrogen and oxygen atoms in total. The number of carbonyl (C=O) groups is 1. The molecule has 0 spiro atoms. The quantitative estimate of drug-likeness (QED) is 0.802. The normalized spacial score (nSPS) is 11.0. The van der Waals surface area contributed by atoms with E-state index >= 15 is 0 Å². The lowest BCUT2D eigenvalue weighted by Crippen LogP contribution is -2.28. The number of carbonyl (C=O) groups excluding carboxylic acids is 1. The van der Waals surface area contributed by atoms with Crippen LogP contribution in [0.2, 0.25) is 0 Å². The van der Waals surface area contributed by atoms with Crippen LogP contribution in [0.25, 0.3) is 11.0 Å². The van der Waals surface area contributed by atoms with Crippen molar-refractivity contribution in [1.29, 1.82) is 0 Å². The molecule has 3 rings (SSSR count). The minimum Gasteiger partial charge on any atom is -0.324 e. The molecule has 0 aliphatic heterocycles. The number of fused-ring (bicyclic) bond motifs is 1. The number of aryl methyl sites for hydroxylation is 3. The lowest BCUT2D eigenvalue weighted by Gasteiger charge is -2.13. The number of rotatable bonds is 4. The van der Waals surface area contributed by atoms with Gasteiger partial charge in [0.1, 0.15) is 6.54 Å². The highest BCUT2D eigenvalue weighted by atomic mass is 16.2. The standard InChI is InChI=1S/C19H21N3O2/c1-4-14-9-7-8-13(2)18(14)20-17(23)12-22-16-11-6-5-10-15(16)21(3)19(22)24/h5-11H,4,12H2,1-3H3,(H,20,23). The van der Waals surface area contributed by atoms with Crippen LogP contribution in [0.4, 0.5) is 5.69 Å². The molecule has 0 atom stereocenters. The van der Waals surface area contributed by atoms with Crippen molar-refractivity contribution in [3.05, 3.63) is 64.1 Å². The predicted octanol–water partition coefficient (Wildman–Crippen LogP) is 2.85. The highest BCUT2D eigenvalue weighted by Gasteiger charge is 2.14. The molecule has 0 unspecified atom stereocenters. The van der Waals surface area contributed by atoms with E-state index in [4.69, 9.17) is 0 Å². The molecule has 0 bridgehead atoms. The molecule has 0 radical (unpaired) electrons. The third kappa shape index (κ3) is 2.73. The molecule has 0 aliphatic rings. The van der Waals surface area contributed by atoms with Gasteiger partial charge in [0.15, 0.2) is 0 Å². The van der Waals surface area contributed by atoms with Gasteiger partial charge in [-0.15, -0.1) is 0 Å². The van der Waals surface area contributed by atoms with Crippen LogP contribution in [0, 0.1) is 6.92 Å². The van der Waals surface area contributed by atoms with E-state index in [0.717, 1.165) is 34.3 Å². The molecular formula is C19H21N3O2. The zero-order valence-electron chi connectivity index (χ0n) is 14.2. The first-order valence-electron chi connectivity index (χ1n) is 8.05. The number of aromatic nitrogens is 2. The Bertz CT molecular complexity index is 966. The summed E-state index contributed by atoms with van der Waals surface area (Å²) < 4.78 is 3.07. The van der Waals surface area contributed by atoms with E-state index < -0.39 is 0 Å². The number of benzene rings is 2. The molecule has 5 heteroatoms. The lowest BCUT2D eigenvalue weighted by molar-refractivity contribution is -0.116. The minimum absolute atomic E-state index is 0.00231. The van der Waals surface area contributed by atoms with Crippen molar-refractivity contribution in [3.63, 3.8) is 0 Å². The van der Waals surface area contributed by atoms with Gasteiger partial charge in [0.2, 0.25) is 5.91 Å². The summed E-state index contributed by atoms with van der Waals surface area (Å²) in [6, 6.07) is 13.4. The second-order valence-electron chi connectivity index (χ2n) is 5.93. The largest absolute Gasteiger partial charge is 0.329 e. The lowest BCUT2D eigenvalue weighted by atomic mass is 10.1. The summed E-state index contributed by atoms with van der Waals surface area (Å²) in [5.41, 5.74) is 4.35. The molecule has 124 valence electrons. The molecule has 0 saturated heterocycles. The van der Waals surface area contributed by atoms with E-state index in [1.165, 1.54) is 4.57 Å². The molecule has 1 heterocycles. The number of amides is 1. The first-order chi connectivity index (χ1) is 11.5. The van der Waals surface area contributed by atoms with E-state index in [-0.39, 0.29) is 18.1 Å². The number of imidazole rings is 1. The summed E-state index contributed by atoms with van der Waals surface area (Å²) in [4.78, 5) is 24.9. The van der Waals surface area contributed by atoms with Crippen molar-refractivity contribution >= 4 is 22.6 Å². The average Bonchev–Trinajstić information content (AvgIpc) is 2.82. The van der Waals surface area contributed by atoms with Gasteiger partial charge >= 0.3 is 5.69 Å². The van der Waals surface area contributed by atoms with Gasteiger partial charge in [-0.3, -0.25) is 13.9 Å². The number of hydrogen-bond acceptors (Lipinski definition) is 2. The van der Waals surface area contributed by atoms with Gasteiger partial charge in [0.05, 0.1) is 11.0 Å². The van der Waals surface area contributed by atoms with Gasteiger partial charge in [0, 0.05) is 12.7 Å². The summed E-state index contributed by atoms with van der Waals surface area (Å²) >= 11 is 0. The van der Waals surface area contributed by atoms with Crippen molar-refractivity contribution < 1.29 is 4.79 Å². The first-order valence-corrected chi connectivity index (χ1v) is 8.05.